The van der Waals surface area contributed by atoms with Crippen molar-refractivity contribution in [3.05, 3.63) is 0 Å². The van der Waals surface area contributed by atoms with E-state index in [-0.39, 0.29) is 36.2 Å². The van der Waals surface area contributed by atoms with Gasteiger partial charge in [0.05, 0.1) is 0 Å². The van der Waals surface area contributed by atoms with Crippen LogP contribution in [0, 0.1) is 11.8 Å². The highest BCUT2D eigenvalue weighted by molar-refractivity contribution is 5.85. The third-order valence-electron chi connectivity index (χ3n) is 4.52. The van der Waals surface area contributed by atoms with Crippen molar-refractivity contribution in [2.75, 3.05) is 13.1 Å². The van der Waals surface area contributed by atoms with E-state index < -0.39 is 0 Å². The highest BCUT2D eigenvalue weighted by atomic mass is 35.5. The first kappa shape index (κ1) is 17.2. The first-order chi connectivity index (χ1) is 9.06. The Morgan fingerprint density at radius 3 is 2.45 bits per heavy atom. The van der Waals surface area contributed by atoms with Crippen LogP contribution in [0.1, 0.15) is 44.9 Å². The summed E-state index contributed by atoms with van der Waals surface area (Å²) < 4.78 is 0. The minimum absolute atomic E-state index is 0. The Balaban J connectivity index is 0.00000200. The van der Waals surface area contributed by atoms with Crippen LogP contribution in [0.2, 0.25) is 0 Å². The molecule has 6 heteroatoms. The Labute approximate surface area is 126 Å². The number of halogens is 1. The molecular weight excluding hydrogens is 278 g/mol. The molecule has 1 aliphatic carbocycles. The second-order valence-electron chi connectivity index (χ2n) is 6.08. The molecule has 0 aromatic rings. The predicted molar refractivity (Wildman–Crippen MR) is 80.3 cm³/mol. The second kappa shape index (κ2) is 7.84. The molecule has 1 aliphatic heterocycles. The molecule has 2 aliphatic rings. The summed E-state index contributed by atoms with van der Waals surface area (Å²) in [4.78, 5) is 25.2. The maximum Gasteiger partial charge on any atom is 0.222 e. The lowest BCUT2D eigenvalue weighted by Gasteiger charge is -2.33. The van der Waals surface area contributed by atoms with Crippen LogP contribution in [0.15, 0.2) is 0 Å². The van der Waals surface area contributed by atoms with Crippen molar-refractivity contribution in [2.45, 2.75) is 51.0 Å². The lowest BCUT2D eigenvalue weighted by molar-refractivity contribution is -0.135. The molecule has 0 radical (unpaired) electrons. The van der Waals surface area contributed by atoms with Crippen molar-refractivity contribution >= 4 is 24.2 Å². The maximum absolute atomic E-state index is 12.3. The van der Waals surface area contributed by atoms with Gasteiger partial charge in [-0.2, -0.15) is 0 Å². The molecule has 2 fully saturated rings. The van der Waals surface area contributed by atoms with Gasteiger partial charge in [0.1, 0.15) is 0 Å². The molecule has 116 valence electrons. The van der Waals surface area contributed by atoms with E-state index in [4.69, 9.17) is 11.5 Å². The zero-order valence-electron chi connectivity index (χ0n) is 11.9. The van der Waals surface area contributed by atoms with E-state index in [0.29, 0.717) is 25.3 Å². The van der Waals surface area contributed by atoms with Crippen molar-refractivity contribution in [3.63, 3.8) is 0 Å². The lowest BCUT2D eigenvalue weighted by atomic mass is 9.93. The fourth-order valence-corrected chi connectivity index (χ4v) is 3.42. The van der Waals surface area contributed by atoms with E-state index in [1.54, 1.807) is 0 Å². The van der Waals surface area contributed by atoms with Crippen LogP contribution < -0.4 is 11.5 Å². The summed E-state index contributed by atoms with van der Waals surface area (Å²) >= 11 is 0. The van der Waals surface area contributed by atoms with Crippen LogP contribution in [0.25, 0.3) is 0 Å². The zero-order chi connectivity index (χ0) is 13.8. The van der Waals surface area contributed by atoms with Crippen molar-refractivity contribution < 1.29 is 9.59 Å². The van der Waals surface area contributed by atoms with Crippen molar-refractivity contribution in [2.24, 2.45) is 23.3 Å². The van der Waals surface area contributed by atoms with Crippen molar-refractivity contribution in [1.82, 2.24) is 4.90 Å². The molecule has 1 saturated carbocycles. The largest absolute Gasteiger partial charge is 0.370 e. The minimum atomic E-state index is -0.267. The van der Waals surface area contributed by atoms with E-state index in [1.807, 2.05) is 4.90 Å². The normalized spacial score (nSPS) is 29.9. The summed E-state index contributed by atoms with van der Waals surface area (Å²) in [6.07, 6.45) is 6.20. The molecule has 4 N–H and O–H groups in total. The van der Waals surface area contributed by atoms with Crippen LogP contribution in [-0.2, 0) is 9.59 Å². The molecule has 0 spiro atoms. The number of piperidine rings is 1. The molecular formula is C14H26ClN3O2. The minimum Gasteiger partial charge on any atom is -0.370 e. The van der Waals surface area contributed by atoms with Gasteiger partial charge in [0.15, 0.2) is 0 Å². The number of hydrogen-bond donors (Lipinski definition) is 2. The Hall–Kier alpha value is -0.810. The van der Waals surface area contributed by atoms with E-state index in [0.717, 1.165) is 38.6 Å². The molecule has 1 heterocycles. The number of hydrogen-bond acceptors (Lipinski definition) is 3. The average molecular weight is 304 g/mol. The maximum atomic E-state index is 12.3. The Bertz CT molecular complexity index is 351. The van der Waals surface area contributed by atoms with Crippen LogP contribution in [0.4, 0.5) is 0 Å². The summed E-state index contributed by atoms with van der Waals surface area (Å²) in [6, 6.07) is 0.190. The topological polar surface area (TPSA) is 89.4 Å². The van der Waals surface area contributed by atoms with Gasteiger partial charge in [-0.3, -0.25) is 9.59 Å². The average Bonchev–Trinajstić information content (AvgIpc) is 2.74. The summed E-state index contributed by atoms with van der Waals surface area (Å²) in [5.41, 5.74) is 11.3. The molecule has 5 nitrogen and oxygen atoms in total. The number of nitrogens with two attached hydrogens (primary N) is 2. The third-order valence-corrected chi connectivity index (χ3v) is 4.52. The monoisotopic (exact) mass is 303 g/mol. The molecule has 1 saturated heterocycles. The standard InChI is InChI=1S/C14H25N3O2.ClH/c15-12-5-1-4-11(12)8-14(19)17-6-2-3-10(9-17)7-13(16)18;/h10-12H,1-9,15H2,(H2,16,18);1H/t10?,11-,12+;/m0./s1. The van der Waals surface area contributed by atoms with Gasteiger partial charge in [-0.15, -0.1) is 12.4 Å². The van der Waals surface area contributed by atoms with Gasteiger partial charge in [0.25, 0.3) is 0 Å². The van der Waals surface area contributed by atoms with Gasteiger partial charge >= 0.3 is 0 Å². The highest BCUT2D eigenvalue weighted by Gasteiger charge is 2.30. The molecule has 0 aromatic carbocycles. The number of amides is 2. The quantitative estimate of drug-likeness (QED) is 0.813. The number of nitrogens with zero attached hydrogens (tertiary/aromatic N) is 1. The smallest absolute Gasteiger partial charge is 0.222 e. The first-order valence-electron chi connectivity index (χ1n) is 7.38. The van der Waals surface area contributed by atoms with Gasteiger partial charge in [-0.25, -0.2) is 0 Å². The molecule has 2 rings (SSSR count). The number of carbonyl (C=O) groups is 2. The van der Waals surface area contributed by atoms with Crippen LogP contribution >= 0.6 is 12.4 Å². The Kier molecular flexibility index (Phi) is 6.76. The van der Waals surface area contributed by atoms with E-state index in [1.165, 1.54) is 0 Å². The fourth-order valence-electron chi connectivity index (χ4n) is 3.42. The van der Waals surface area contributed by atoms with Crippen LogP contribution in [0.3, 0.4) is 0 Å². The van der Waals surface area contributed by atoms with Crippen LogP contribution in [-0.4, -0.2) is 35.8 Å². The van der Waals surface area contributed by atoms with Gasteiger partial charge in [-0.05, 0) is 37.5 Å². The molecule has 2 amide bonds. The summed E-state index contributed by atoms with van der Waals surface area (Å²) in [5.74, 6) is 0.533. The fraction of sp³-hybridized carbons (Fsp3) is 0.857. The molecule has 0 bridgehead atoms. The summed E-state index contributed by atoms with van der Waals surface area (Å²) in [6.45, 7) is 1.50. The summed E-state index contributed by atoms with van der Waals surface area (Å²) in [7, 11) is 0. The summed E-state index contributed by atoms with van der Waals surface area (Å²) in [5, 5.41) is 0. The predicted octanol–water partition coefficient (Wildman–Crippen LogP) is 1.04. The van der Waals surface area contributed by atoms with E-state index in [9.17, 15) is 9.59 Å². The van der Waals surface area contributed by atoms with E-state index >= 15 is 0 Å². The molecule has 0 aromatic heterocycles. The number of primary amides is 1. The molecule has 1 unspecified atom stereocenters. The highest BCUT2D eigenvalue weighted by Crippen LogP contribution is 2.28. The Morgan fingerprint density at radius 2 is 1.85 bits per heavy atom. The second-order valence-corrected chi connectivity index (χ2v) is 6.08. The van der Waals surface area contributed by atoms with Gasteiger partial charge < -0.3 is 16.4 Å². The van der Waals surface area contributed by atoms with Gasteiger partial charge in [-0.1, -0.05) is 6.42 Å². The zero-order valence-corrected chi connectivity index (χ0v) is 12.7. The first-order valence-corrected chi connectivity index (χ1v) is 7.38. The Morgan fingerprint density at radius 1 is 1.10 bits per heavy atom. The van der Waals surface area contributed by atoms with E-state index in [2.05, 4.69) is 0 Å². The van der Waals surface area contributed by atoms with Crippen molar-refractivity contribution in [3.8, 4) is 0 Å². The molecule has 20 heavy (non-hydrogen) atoms. The van der Waals surface area contributed by atoms with Crippen LogP contribution in [0.5, 0.6) is 0 Å². The number of likely N-dealkylation sites (tertiary alicyclic amines) is 1. The molecule has 3 atom stereocenters. The SMILES string of the molecule is Cl.NC(=O)CC1CCCN(C(=O)C[C@@H]2CCC[C@H]2N)C1. The lowest BCUT2D eigenvalue weighted by Crippen LogP contribution is -2.42. The third kappa shape index (κ3) is 4.63. The van der Waals surface area contributed by atoms with Gasteiger partial charge in [0.2, 0.25) is 11.8 Å². The number of rotatable bonds is 4. The number of carbonyl (C=O) groups excluding carboxylic acids is 2. The van der Waals surface area contributed by atoms with Gasteiger partial charge in [0, 0.05) is 32.0 Å². The van der Waals surface area contributed by atoms with Crippen molar-refractivity contribution in [1.29, 1.82) is 0 Å².